The minimum Gasteiger partial charge on any atom is -0.726 e. The minimum absolute atomic E-state index is 0. The summed E-state index contributed by atoms with van der Waals surface area (Å²) in [5.74, 6) is -0.218. The second kappa shape index (κ2) is 8.57. The van der Waals surface area contributed by atoms with Crippen molar-refractivity contribution in [2.24, 2.45) is 34.5 Å². The molecule has 0 aromatic rings. The fraction of sp³-hybridized carbons (Fsp3) is 0.952. The molecule has 0 bridgehead atoms. The van der Waals surface area contributed by atoms with Gasteiger partial charge in [-0.2, -0.15) is 0 Å². The van der Waals surface area contributed by atoms with Gasteiger partial charge in [0.1, 0.15) is 12.2 Å². The number of hydrogen-bond acceptors (Lipinski definition) is 8. The maximum atomic E-state index is 12.8. The Morgan fingerprint density at radius 3 is 2.45 bits per heavy atom. The van der Waals surface area contributed by atoms with Crippen molar-refractivity contribution in [1.82, 2.24) is 0 Å². The van der Waals surface area contributed by atoms with Gasteiger partial charge in [0.25, 0.3) is 0 Å². The molecule has 31 heavy (non-hydrogen) atoms. The van der Waals surface area contributed by atoms with Crippen molar-refractivity contribution in [3.63, 3.8) is 0 Å². The summed E-state index contributed by atoms with van der Waals surface area (Å²) in [6.07, 6.45) is 4.24. The first-order valence-corrected chi connectivity index (χ1v) is 12.4. The predicted molar refractivity (Wildman–Crippen MR) is 105 cm³/mol. The van der Waals surface area contributed by atoms with Crippen molar-refractivity contribution in [3.05, 3.63) is 0 Å². The molecule has 0 amide bonds. The van der Waals surface area contributed by atoms with Crippen molar-refractivity contribution in [3.8, 4) is 0 Å². The van der Waals surface area contributed by atoms with Crippen LogP contribution in [0.3, 0.4) is 0 Å². The molecule has 4 aliphatic carbocycles. The number of rotatable bonds is 4. The number of fused-ring (bicyclic) bond motifs is 5. The Morgan fingerprint density at radius 1 is 1.13 bits per heavy atom. The molecule has 0 aromatic heterocycles. The normalized spacial score (nSPS) is 49.4. The van der Waals surface area contributed by atoms with E-state index in [1.165, 1.54) is 0 Å². The van der Waals surface area contributed by atoms with Crippen LogP contribution in [0.1, 0.15) is 65.2 Å². The molecule has 0 aromatic carbocycles. The van der Waals surface area contributed by atoms with E-state index in [2.05, 4.69) is 11.1 Å². The number of aliphatic hydroxyl groups excluding tert-OH is 2. The molecule has 0 aliphatic heterocycles. The molecule has 8 nitrogen and oxygen atoms in total. The quantitative estimate of drug-likeness (QED) is 0.248. The molecule has 10 heteroatoms. The van der Waals surface area contributed by atoms with Gasteiger partial charge in [-0.25, -0.2) is 8.42 Å². The fourth-order valence-corrected chi connectivity index (χ4v) is 8.32. The Bertz CT molecular complexity index is 820. The van der Waals surface area contributed by atoms with Crippen LogP contribution in [0, 0.1) is 34.5 Å². The maximum absolute atomic E-state index is 12.8. The Kier molecular flexibility index (Phi) is 7.20. The number of ketones is 1. The Labute approximate surface area is 206 Å². The van der Waals surface area contributed by atoms with Crippen molar-refractivity contribution < 1.29 is 66.8 Å². The molecule has 4 aliphatic rings. The van der Waals surface area contributed by atoms with Gasteiger partial charge in [0.15, 0.2) is 5.78 Å². The second-order valence-corrected chi connectivity index (χ2v) is 11.7. The van der Waals surface area contributed by atoms with E-state index >= 15 is 0 Å². The Morgan fingerprint density at radius 2 is 1.81 bits per heavy atom. The first kappa shape index (κ1) is 26.0. The third-order valence-corrected chi connectivity index (χ3v) is 9.92. The number of carbonyl (C=O) groups is 1. The SMILES string of the molecule is C[C@]12CC[C@@H](O)C[C@H]1CC[C@@H]1[C@@H]2[C@@H](O)C[C@@]2(C)[C@H]1CC[C@]2(O)C(=O)COS(=O)(=O)[O-].[Na+]. The van der Waals surface area contributed by atoms with Gasteiger partial charge in [-0.15, -0.1) is 0 Å². The van der Waals surface area contributed by atoms with E-state index in [1.807, 2.05) is 6.92 Å². The number of carbonyl (C=O) groups excluding carboxylic acids is 1. The monoisotopic (exact) mass is 468 g/mol. The van der Waals surface area contributed by atoms with Crippen molar-refractivity contribution in [1.29, 1.82) is 0 Å². The van der Waals surface area contributed by atoms with Crippen LogP contribution in [-0.2, 0) is 19.4 Å². The van der Waals surface area contributed by atoms with E-state index < -0.39 is 39.9 Å². The molecular weight excluding hydrogens is 435 g/mol. The zero-order valence-corrected chi connectivity index (χ0v) is 21.4. The summed E-state index contributed by atoms with van der Waals surface area (Å²) in [5.41, 5.74) is -2.81. The average molecular weight is 469 g/mol. The summed E-state index contributed by atoms with van der Waals surface area (Å²) >= 11 is 0. The molecule has 172 valence electrons. The fourth-order valence-electron chi connectivity index (χ4n) is 8.07. The molecule has 0 radical (unpaired) electrons. The van der Waals surface area contributed by atoms with Gasteiger partial charge in [-0.3, -0.25) is 8.98 Å². The van der Waals surface area contributed by atoms with Gasteiger partial charge < -0.3 is 19.9 Å². The van der Waals surface area contributed by atoms with Crippen LogP contribution in [0.15, 0.2) is 0 Å². The van der Waals surface area contributed by atoms with Gasteiger partial charge in [0.05, 0.1) is 12.2 Å². The Balaban J connectivity index is 0.00000272. The molecule has 9 atom stereocenters. The first-order valence-electron chi connectivity index (χ1n) is 11.0. The van der Waals surface area contributed by atoms with Crippen LogP contribution in [-0.4, -0.2) is 58.5 Å². The standard InChI is InChI=1S/C21H34O8S.Na/c1-19-7-5-13(22)9-12(19)3-4-14-15-6-8-21(25,17(24)11-29-30(26,27)28)20(15,2)10-16(23)18(14)19;/h12-16,18,22-23,25H,3-11H2,1-2H3,(H,26,27,28);/q;+1/p-1/t12-,13-,14+,15+,16+,18-,19+,20+,21+;/m1./s1. The van der Waals surface area contributed by atoms with Crippen molar-refractivity contribution in [2.75, 3.05) is 6.61 Å². The van der Waals surface area contributed by atoms with Crippen LogP contribution in [0.5, 0.6) is 0 Å². The van der Waals surface area contributed by atoms with Crippen LogP contribution in [0.25, 0.3) is 0 Å². The summed E-state index contributed by atoms with van der Waals surface area (Å²) in [6.45, 7) is 3.06. The van der Waals surface area contributed by atoms with E-state index in [4.69, 9.17) is 0 Å². The minimum atomic E-state index is -5.03. The zero-order valence-electron chi connectivity index (χ0n) is 18.6. The van der Waals surface area contributed by atoms with E-state index in [0.29, 0.717) is 12.3 Å². The van der Waals surface area contributed by atoms with Crippen LogP contribution < -0.4 is 29.6 Å². The van der Waals surface area contributed by atoms with Crippen LogP contribution in [0.4, 0.5) is 0 Å². The summed E-state index contributed by atoms with van der Waals surface area (Å²) < 4.78 is 36.5. The van der Waals surface area contributed by atoms with E-state index in [-0.39, 0.29) is 71.7 Å². The van der Waals surface area contributed by atoms with Crippen LogP contribution >= 0.6 is 0 Å². The van der Waals surface area contributed by atoms with E-state index in [9.17, 15) is 33.1 Å². The third kappa shape index (κ3) is 4.10. The topological polar surface area (TPSA) is 144 Å². The molecular formula is C21H33NaO8S. The molecule has 3 N–H and O–H groups in total. The summed E-state index contributed by atoms with van der Waals surface area (Å²) in [5, 5.41) is 32.8. The van der Waals surface area contributed by atoms with Gasteiger partial charge in [-0.05, 0) is 80.5 Å². The van der Waals surface area contributed by atoms with Gasteiger partial charge in [-0.1, -0.05) is 13.8 Å². The number of aliphatic hydroxyl groups is 3. The summed E-state index contributed by atoms with van der Waals surface area (Å²) in [4.78, 5) is 12.8. The number of Topliss-reactive ketones (excluding diaryl/α,β-unsaturated/α-hetero) is 1. The average Bonchev–Trinajstić information content (AvgIpc) is 2.91. The van der Waals surface area contributed by atoms with Crippen molar-refractivity contribution >= 4 is 16.2 Å². The molecule has 0 saturated heterocycles. The van der Waals surface area contributed by atoms with Gasteiger partial charge in [0, 0.05) is 5.41 Å². The summed E-state index contributed by atoms with van der Waals surface area (Å²) in [7, 11) is -5.03. The van der Waals surface area contributed by atoms with Gasteiger partial charge >= 0.3 is 29.6 Å². The Hall–Kier alpha value is 0.420. The maximum Gasteiger partial charge on any atom is 1.00 e. The molecule has 0 spiro atoms. The summed E-state index contributed by atoms with van der Waals surface area (Å²) in [6, 6.07) is 0. The molecule has 0 heterocycles. The van der Waals surface area contributed by atoms with Crippen LogP contribution in [0.2, 0.25) is 0 Å². The smallest absolute Gasteiger partial charge is 0.726 e. The molecule has 4 fully saturated rings. The molecule has 4 saturated carbocycles. The zero-order chi connectivity index (χ0) is 22.1. The largest absolute Gasteiger partial charge is 1.00 e. The van der Waals surface area contributed by atoms with E-state index in [1.54, 1.807) is 0 Å². The first-order chi connectivity index (χ1) is 13.8. The molecule has 4 rings (SSSR count). The predicted octanol–water partition coefficient (Wildman–Crippen LogP) is -1.86. The third-order valence-electron chi connectivity index (χ3n) is 9.52. The molecule has 0 unspecified atom stereocenters. The second-order valence-electron chi connectivity index (χ2n) is 10.7. The van der Waals surface area contributed by atoms with Gasteiger partial charge in [0.2, 0.25) is 10.4 Å². The number of hydrogen-bond donors (Lipinski definition) is 3. The van der Waals surface area contributed by atoms with E-state index in [0.717, 1.165) is 32.1 Å². The van der Waals surface area contributed by atoms with Crippen molar-refractivity contribution in [2.45, 2.75) is 83.0 Å².